The van der Waals surface area contributed by atoms with Gasteiger partial charge in [-0.25, -0.2) is 4.98 Å². The third-order valence-corrected chi connectivity index (χ3v) is 4.85. The summed E-state index contributed by atoms with van der Waals surface area (Å²) >= 11 is 1.74. The molecule has 4 rings (SSSR count). The molecule has 3 aromatic heterocycles. The summed E-state index contributed by atoms with van der Waals surface area (Å²) in [5.74, 6) is 1.49. The molecule has 1 N–H and O–H groups in total. The molecule has 1 aromatic carbocycles. The second-order valence-corrected chi connectivity index (χ2v) is 6.74. The number of anilines is 1. The molecule has 0 radical (unpaired) electrons. The number of nitrogens with one attached hydrogen (secondary N) is 1. The summed E-state index contributed by atoms with van der Waals surface area (Å²) in [6, 6.07) is 14.9. The molecule has 1 atom stereocenters. The molecule has 24 heavy (non-hydrogen) atoms. The van der Waals surface area contributed by atoms with Gasteiger partial charge < -0.3 is 5.32 Å². The van der Waals surface area contributed by atoms with Gasteiger partial charge in [0.1, 0.15) is 12.1 Å². The summed E-state index contributed by atoms with van der Waals surface area (Å²) < 4.78 is 1.74. The molecule has 0 aliphatic heterocycles. The van der Waals surface area contributed by atoms with Crippen LogP contribution in [-0.2, 0) is 0 Å². The SMILES string of the molecule is Cc1ccc(C(Nc2cc(C)nc3ncnn23)c2cccs2)cc1. The van der Waals surface area contributed by atoms with E-state index in [9.17, 15) is 0 Å². The van der Waals surface area contributed by atoms with E-state index in [1.807, 2.05) is 13.0 Å². The van der Waals surface area contributed by atoms with Gasteiger partial charge in [-0.2, -0.15) is 14.6 Å². The van der Waals surface area contributed by atoms with Gasteiger partial charge in [-0.05, 0) is 30.9 Å². The zero-order chi connectivity index (χ0) is 16.5. The van der Waals surface area contributed by atoms with Crippen LogP contribution in [0.25, 0.3) is 5.78 Å². The van der Waals surface area contributed by atoms with Crippen molar-refractivity contribution in [1.82, 2.24) is 19.6 Å². The molecule has 4 aromatic rings. The first kappa shape index (κ1) is 14.8. The number of benzene rings is 1. The lowest BCUT2D eigenvalue weighted by Crippen LogP contribution is -2.14. The first-order chi connectivity index (χ1) is 11.7. The molecular weight excluding hydrogens is 318 g/mol. The number of aromatic nitrogens is 4. The molecule has 0 spiro atoms. The van der Waals surface area contributed by atoms with E-state index in [0.29, 0.717) is 5.78 Å². The fraction of sp³-hybridized carbons (Fsp3) is 0.167. The molecule has 6 heteroatoms. The van der Waals surface area contributed by atoms with Crippen LogP contribution in [0.5, 0.6) is 0 Å². The first-order valence-electron chi connectivity index (χ1n) is 7.74. The molecule has 0 amide bonds. The van der Waals surface area contributed by atoms with Crippen LogP contribution < -0.4 is 5.32 Å². The molecule has 0 aliphatic carbocycles. The van der Waals surface area contributed by atoms with E-state index in [1.54, 1.807) is 15.9 Å². The average molecular weight is 335 g/mol. The Morgan fingerprint density at radius 1 is 1.12 bits per heavy atom. The molecule has 1 unspecified atom stereocenters. The molecule has 3 heterocycles. The van der Waals surface area contributed by atoms with Crippen LogP contribution in [0.2, 0.25) is 0 Å². The first-order valence-corrected chi connectivity index (χ1v) is 8.62. The molecule has 0 bridgehead atoms. The lowest BCUT2D eigenvalue weighted by molar-refractivity contribution is 0.878. The number of thiophene rings is 1. The summed E-state index contributed by atoms with van der Waals surface area (Å²) in [6.45, 7) is 4.06. The van der Waals surface area contributed by atoms with Crippen molar-refractivity contribution >= 4 is 22.9 Å². The highest BCUT2D eigenvalue weighted by atomic mass is 32.1. The van der Waals surface area contributed by atoms with Gasteiger partial charge in [-0.1, -0.05) is 35.9 Å². The molecule has 0 saturated carbocycles. The Hall–Kier alpha value is -2.73. The highest BCUT2D eigenvalue weighted by Gasteiger charge is 2.17. The monoisotopic (exact) mass is 335 g/mol. The van der Waals surface area contributed by atoms with Crippen LogP contribution in [0.15, 0.2) is 54.2 Å². The van der Waals surface area contributed by atoms with Gasteiger partial charge >= 0.3 is 0 Å². The number of aryl methyl sites for hydroxylation is 2. The summed E-state index contributed by atoms with van der Waals surface area (Å²) in [5.41, 5.74) is 3.37. The van der Waals surface area contributed by atoms with E-state index in [2.05, 4.69) is 69.1 Å². The van der Waals surface area contributed by atoms with Crippen molar-refractivity contribution < 1.29 is 0 Å². The Morgan fingerprint density at radius 2 is 1.96 bits per heavy atom. The molecule has 120 valence electrons. The Kier molecular flexibility index (Phi) is 3.74. The summed E-state index contributed by atoms with van der Waals surface area (Å²) in [7, 11) is 0. The molecule has 0 fully saturated rings. The second-order valence-electron chi connectivity index (χ2n) is 5.76. The van der Waals surface area contributed by atoms with Crippen LogP contribution in [0, 0.1) is 13.8 Å². The Morgan fingerprint density at radius 3 is 2.71 bits per heavy atom. The Balaban J connectivity index is 1.79. The fourth-order valence-corrected chi connectivity index (χ4v) is 3.52. The quantitative estimate of drug-likeness (QED) is 0.612. The van der Waals surface area contributed by atoms with Gasteiger partial charge in [0, 0.05) is 16.6 Å². The van der Waals surface area contributed by atoms with E-state index in [1.165, 1.54) is 22.3 Å². The maximum absolute atomic E-state index is 4.40. The minimum Gasteiger partial charge on any atom is -0.358 e. The largest absolute Gasteiger partial charge is 0.358 e. The van der Waals surface area contributed by atoms with E-state index >= 15 is 0 Å². The van der Waals surface area contributed by atoms with Gasteiger partial charge in [0.25, 0.3) is 5.78 Å². The van der Waals surface area contributed by atoms with E-state index in [-0.39, 0.29) is 6.04 Å². The van der Waals surface area contributed by atoms with Gasteiger partial charge in [0.2, 0.25) is 0 Å². The predicted molar refractivity (Wildman–Crippen MR) is 96.5 cm³/mol. The molecular formula is C18H17N5S. The molecule has 5 nitrogen and oxygen atoms in total. The minimum atomic E-state index is 0.0554. The van der Waals surface area contributed by atoms with E-state index in [0.717, 1.165) is 11.5 Å². The van der Waals surface area contributed by atoms with Crippen molar-refractivity contribution in [2.75, 3.05) is 5.32 Å². The van der Waals surface area contributed by atoms with Crippen LogP contribution in [0.3, 0.4) is 0 Å². The number of nitrogens with zero attached hydrogens (tertiary/aromatic N) is 4. The van der Waals surface area contributed by atoms with Crippen LogP contribution >= 0.6 is 11.3 Å². The number of rotatable bonds is 4. The highest BCUT2D eigenvalue weighted by molar-refractivity contribution is 7.10. The minimum absolute atomic E-state index is 0.0554. The predicted octanol–water partition coefficient (Wildman–Crippen LogP) is 4.00. The number of fused-ring (bicyclic) bond motifs is 1. The third-order valence-electron chi connectivity index (χ3n) is 3.91. The second kappa shape index (κ2) is 6.05. The van der Waals surface area contributed by atoms with Gasteiger partial charge in [-0.3, -0.25) is 0 Å². The molecule has 0 aliphatic rings. The molecule has 0 saturated heterocycles. The van der Waals surface area contributed by atoms with Gasteiger partial charge in [-0.15, -0.1) is 11.3 Å². The van der Waals surface area contributed by atoms with Crippen LogP contribution in [0.4, 0.5) is 5.82 Å². The Labute approximate surface area is 144 Å². The fourth-order valence-electron chi connectivity index (χ4n) is 2.71. The van der Waals surface area contributed by atoms with Crippen LogP contribution in [-0.4, -0.2) is 19.6 Å². The maximum Gasteiger partial charge on any atom is 0.254 e. The van der Waals surface area contributed by atoms with Crippen molar-refractivity contribution in [2.24, 2.45) is 0 Å². The standard InChI is InChI=1S/C18H17N5S/c1-12-5-7-14(8-6-12)17(15-4-3-9-24-15)22-16-10-13(2)21-18-19-11-20-23(16)18/h3-11,17,22H,1-2H3. The maximum atomic E-state index is 4.40. The lowest BCUT2D eigenvalue weighted by atomic mass is 10.0. The number of hydrogen-bond donors (Lipinski definition) is 1. The normalized spacial score (nSPS) is 12.4. The van der Waals surface area contributed by atoms with Crippen molar-refractivity contribution in [3.05, 3.63) is 75.9 Å². The van der Waals surface area contributed by atoms with Crippen LogP contribution in [0.1, 0.15) is 27.7 Å². The summed E-state index contributed by atoms with van der Waals surface area (Å²) in [4.78, 5) is 9.85. The van der Waals surface area contributed by atoms with Crippen molar-refractivity contribution in [1.29, 1.82) is 0 Å². The number of hydrogen-bond acceptors (Lipinski definition) is 5. The smallest absolute Gasteiger partial charge is 0.254 e. The Bertz CT molecular complexity index is 957. The zero-order valence-electron chi connectivity index (χ0n) is 13.5. The van der Waals surface area contributed by atoms with E-state index in [4.69, 9.17) is 0 Å². The van der Waals surface area contributed by atoms with Gasteiger partial charge in [0.15, 0.2) is 0 Å². The topological polar surface area (TPSA) is 55.1 Å². The summed E-state index contributed by atoms with van der Waals surface area (Å²) in [5, 5.41) is 10.0. The van der Waals surface area contributed by atoms with E-state index < -0.39 is 0 Å². The summed E-state index contributed by atoms with van der Waals surface area (Å²) in [6.07, 6.45) is 1.53. The van der Waals surface area contributed by atoms with Crippen molar-refractivity contribution in [3.8, 4) is 0 Å². The average Bonchev–Trinajstić information content (AvgIpc) is 3.24. The van der Waals surface area contributed by atoms with Crippen molar-refractivity contribution in [3.63, 3.8) is 0 Å². The third kappa shape index (κ3) is 2.76. The lowest BCUT2D eigenvalue weighted by Gasteiger charge is -2.20. The van der Waals surface area contributed by atoms with Gasteiger partial charge in [0.05, 0.1) is 6.04 Å². The highest BCUT2D eigenvalue weighted by Crippen LogP contribution is 2.30. The van der Waals surface area contributed by atoms with Crippen molar-refractivity contribution in [2.45, 2.75) is 19.9 Å². The zero-order valence-corrected chi connectivity index (χ0v) is 14.3.